The van der Waals surface area contributed by atoms with E-state index < -0.39 is 0 Å². The molecule has 24 heavy (non-hydrogen) atoms. The number of hydrogen-bond donors (Lipinski definition) is 0. The maximum Gasteiger partial charge on any atom is 0.150 e. The predicted molar refractivity (Wildman–Crippen MR) is 94.5 cm³/mol. The van der Waals surface area contributed by atoms with Gasteiger partial charge in [-0.15, -0.1) is 0 Å². The third-order valence-electron chi connectivity index (χ3n) is 4.70. The molecule has 2 fully saturated rings. The third-order valence-corrected chi connectivity index (χ3v) is 5.52. The molecule has 0 N–H and O–H groups in total. The average molecular weight is 348 g/mol. The summed E-state index contributed by atoms with van der Waals surface area (Å²) in [5.41, 5.74) is 3.06. The fourth-order valence-corrected chi connectivity index (χ4v) is 4.30. The molecule has 2 aromatic heterocycles. The highest BCUT2D eigenvalue weighted by Gasteiger charge is 2.24. The number of anilines is 1. The van der Waals surface area contributed by atoms with Crippen LogP contribution in [0.25, 0.3) is 11.4 Å². The van der Waals surface area contributed by atoms with Crippen molar-refractivity contribution in [2.24, 2.45) is 0 Å². The van der Waals surface area contributed by atoms with Crippen molar-refractivity contribution in [2.45, 2.75) is 45.4 Å². The number of rotatable bonds is 3. The molecule has 0 radical (unpaired) electrons. The Morgan fingerprint density at radius 1 is 1.25 bits per heavy atom. The summed E-state index contributed by atoms with van der Waals surface area (Å²) in [5, 5.41) is 5.87. The summed E-state index contributed by atoms with van der Waals surface area (Å²) in [6, 6.07) is 4.68. The second-order valence-corrected chi connectivity index (χ2v) is 7.39. The lowest BCUT2D eigenvalue weighted by atomic mass is 10.2. The Hall–Kier alpha value is -1.44. The van der Waals surface area contributed by atoms with Crippen LogP contribution in [-0.2, 0) is 9.47 Å². The van der Waals surface area contributed by atoms with Gasteiger partial charge in [-0.3, -0.25) is 0 Å². The molecular formula is C17H24N4O2S. The van der Waals surface area contributed by atoms with Gasteiger partial charge in [0.1, 0.15) is 10.7 Å². The van der Waals surface area contributed by atoms with Gasteiger partial charge in [-0.25, -0.2) is 4.68 Å². The van der Waals surface area contributed by atoms with Crippen LogP contribution in [0.15, 0.2) is 12.1 Å². The Kier molecular flexibility index (Phi) is 4.56. The Balaban J connectivity index is 1.62. The quantitative estimate of drug-likeness (QED) is 0.852. The lowest BCUT2D eigenvalue weighted by molar-refractivity contribution is -0.0385. The van der Waals surface area contributed by atoms with Crippen molar-refractivity contribution in [3.05, 3.63) is 17.8 Å². The van der Waals surface area contributed by atoms with Gasteiger partial charge in [0, 0.05) is 19.2 Å². The van der Waals surface area contributed by atoms with E-state index in [0.717, 1.165) is 56.3 Å². The molecule has 7 heteroatoms. The van der Waals surface area contributed by atoms with E-state index in [4.69, 9.17) is 13.8 Å². The zero-order valence-electron chi connectivity index (χ0n) is 14.3. The van der Waals surface area contributed by atoms with Crippen molar-refractivity contribution < 1.29 is 9.47 Å². The Morgan fingerprint density at radius 3 is 2.96 bits per heavy atom. The summed E-state index contributed by atoms with van der Waals surface area (Å²) in [7, 11) is 0. The maximum atomic E-state index is 5.93. The van der Waals surface area contributed by atoms with E-state index >= 15 is 0 Å². The van der Waals surface area contributed by atoms with E-state index in [1.54, 1.807) is 11.5 Å². The summed E-state index contributed by atoms with van der Waals surface area (Å²) in [5.74, 6) is 0. The zero-order valence-corrected chi connectivity index (χ0v) is 15.1. The molecule has 2 aliphatic rings. The molecule has 2 unspecified atom stereocenters. The first-order valence-electron chi connectivity index (χ1n) is 8.71. The van der Waals surface area contributed by atoms with Crippen LogP contribution in [0, 0.1) is 6.92 Å². The van der Waals surface area contributed by atoms with Gasteiger partial charge in [0.05, 0.1) is 30.6 Å². The standard InChI is InChI=1S/C17H24N4O2S/c1-12-9-15(21(18-12)16-5-3-4-7-23-16)14-10-17(24-19-14)20-6-8-22-11-13(20)2/h9-10,13,16H,3-8,11H2,1-2H3. The molecule has 0 bridgehead atoms. The lowest BCUT2D eigenvalue weighted by Crippen LogP contribution is -2.43. The number of aryl methyl sites for hydroxylation is 1. The van der Waals surface area contributed by atoms with Crippen LogP contribution in [0.1, 0.15) is 38.1 Å². The molecule has 2 atom stereocenters. The lowest BCUT2D eigenvalue weighted by Gasteiger charge is -2.33. The summed E-state index contributed by atoms with van der Waals surface area (Å²) in [6.45, 7) is 7.52. The summed E-state index contributed by atoms with van der Waals surface area (Å²) in [6.07, 6.45) is 3.39. The average Bonchev–Trinajstić information content (AvgIpc) is 3.23. The SMILES string of the molecule is Cc1cc(-c2cc(N3CCOCC3C)sn2)n(C2CCCCO2)n1. The summed E-state index contributed by atoms with van der Waals surface area (Å²) >= 11 is 1.56. The van der Waals surface area contributed by atoms with Crippen LogP contribution in [0.5, 0.6) is 0 Å². The van der Waals surface area contributed by atoms with E-state index in [1.165, 1.54) is 11.4 Å². The summed E-state index contributed by atoms with van der Waals surface area (Å²) in [4.78, 5) is 2.38. The predicted octanol–water partition coefficient (Wildman–Crippen LogP) is 3.24. The normalized spacial score (nSPS) is 25.2. The van der Waals surface area contributed by atoms with Crippen molar-refractivity contribution in [1.29, 1.82) is 0 Å². The fourth-order valence-electron chi connectivity index (χ4n) is 3.42. The van der Waals surface area contributed by atoms with Gasteiger partial charge in [-0.1, -0.05) is 0 Å². The largest absolute Gasteiger partial charge is 0.377 e. The van der Waals surface area contributed by atoms with Crippen molar-refractivity contribution in [1.82, 2.24) is 14.2 Å². The highest BCUT2D eigenvalue weighted by molar-refractivity contribution is 7.10. The molecule has 2 aromatic rings. The minimum atomic E-state index is 0.0370. The minimum Gasteiger partial charge on any atom is -0.377 e. The molecule has 0 aromatic carbocycles. The van der Waals surface area contributed by atoms with Crippen LogP contribution in [-0.4, -0.2) is 46.6 Å². The number of morpholine rings is 1. The number of nitrogens with zero attached hydrogens (tertiary/aromatic N) is 4. The van der Waals surface area contributed by atoms with Gasteiger partial charge in [-0.2, -0.15) is 9.47 Å². The minimum absolute atomic E-state index is 0.0370. The third kappa shape index (κ3) is 3.08. The van der Waals surface area contributed by atoms with Crippen LogP contribution >= 0.6 is 11.5 Å². The van der Waals surface area contributed by atoms with Gasteiger partial charge in [-0.05, 0) is 50.7 Å². The smallest absolute Gasteiger partial charge is 0.150 e. The zero-order chi connectivity index (χ0) is 16.5. The number of hydrogen-bond acceptors (Lipinski definition) is 6. The second kappa shape index (κ2) is 6.82. The number of ether oxygens (including phenoxy) is 2. The fraction of sp³-hybridized carbons (Fsp3) is 0.647. The molecule has 0 saturated carbocycles. The van der Waals surface area contributed by atoms with E-state index in [2.05, 4.69) is 29.1 Å². The summed E-state index contributed by atoms with van der Waals surface area (Å²) < 4.78 is 18.2. The van der Waals surface area contributed by atoms with E-state index in [0.29, 0.717) is 6.04 Å². The maximum absolute atomic E-state index is 5.93. The first-order chi connectivity index (χ1) is 11.7. The van der Waals surface area contributed by atoms with Gasteiger partial charge in [0.15, 0.2) is 6.23 Å². The molecule has 4 rings (SSSR count). The van der Waals surface area contributed by atoms with Crippen molar-refractivity contribution in [3.63, 3.8) is 0 Å². The highest BCUT2D eigenvalue weighted by Crippen LogP contribution is 2.33. The van der Waals surface area contributed by atoms with Crippen LogP contribution in [0.2, 0.25) is 0 Å². The molecular weight excluding hydrogens is 324 g/mol. The number of aromatic nitrogens is 3. The molecule has 0 amide bonds. The van der Waals surface area contributed by atoms with Crippen LogP contribution in [0.4, 0.5) is 5.00 Å². The monoisotopic (exact) mass is 348 g/mol. The van der Waals surface area contributed by atoms with Crippen molar-refractivity contribution in [2.75, 3.05) is 31.3 Å². The topological polar surface area (TPSA) is 52.4 Å². The first kappa shape index (κ1) is 16.1. The second-order valence-electron chi connectivity index (χ2n) is 6.60. The van der Waals surface area contributed by atoms with E-state index in [1.807, 2.05) is 11.6 Å². The highest BCUT2D eigenvalue weighted by atomic mass is 32.1. The molecule has 2 aliphatic heterocycles. The molecule has 0 aliphatic carbocycles. The Bertz CT molecular complexity index is 693. The molecule has 0 spiro atoms. The molecule has 2 saturated heterocycles. The Labute approximate surface area is 146 Å². The van der Waals surface area contributed by atoms with Gasteiger partial charge in [0.2, 0.25) is 0 Å². The molecule has 4 heterocycles. The Morgan fingerprint density at radius 2 is 2.17 bits per heavy atom. The van der Waals surface area contributed by atoms with Crippen molar-refractivity contribution >= 4 is 16.5 Å². The van der Waals surface area contributed by atoms with E-state index in [9.17, 15) is 0 Å². The molecule has 130 valence electrons. The molecule has 6 nitrogen and oxygen atoms in total. The first-order valence-corrected chi connectivity index (χ1v) is 9.49. The van der Waals surface area contributed by atoms with Crippen LogP contribution < -0.4 is 4.90 Å². The van der Waals surface area contributed by atoms with Crippen molar-refractivity contribution in [3.8, 4) is 11.4 Å². The van der Waals surface area contributed by atoms with Crippen LogP contribution in [0.3, 0.4) is 0 Å². The van der Waals surface area contributed by atoms with Gasteiger partial charge < -0.3 is 14.4 Å². The van der Waals surface area contributed by atoms with Gasteiger partial charge in [0.25, 0.3) is 0 Å². The van der Waals surface area contributed by atoms with E-state index in [-0.39, 0.29) is 6.23 Å². The van der Waals surface area contributed by atoms with Gasteiger partial charge >= 0.3 is 0 Å².